The van der Waals surface area contributed by atoms with Crippen LogP contribution in [-0.2, 0) is 24.3 Å². The van der Waals surface area contributed by atoms with E-state index in [-0.39, 0.29) is 36.3 Å². The van der Waals surface area contributed by atoms with E-state index in [1.54, 1.807) is 39.0 Å². The average molecular weight is 447 g/mol. The topological polar surface area (TPSA) is 102 Å². The minimum Gasteiger partial charge on any atom is -0.463 e. The number of amides is 1. The molecular weight excluding hydrogens is 416 g/mol. The van der Waals surface area contributed by atoms with Gasteiger partial charge in [0, 0.05) is 13.0 Å². The summed E-state index contributed by atoms with van der Waals surface area (Å²) < 4.78 is 32.7. The van der Waals surface area contributed by atoms with Crippen LogP contribution in [0.4, 0.5) is 0 Å². The van der Waals surface area contributed by atoms with Crippen molar-refractivity contribution in [3.63, 3.8) is 0 Å². The molecule has 0 fully saturated rings. The molecule has 2 aromatic rings. The molecule has 0 saturated carbocycles. The van der Waals surface area contributed by atoms with Gasteiger partial charge in [-0.2, -0.15) is 0 Å². The normalized spacial score (nSPS) is 12.4. The van der Waals surface area contributed by atoms with E-state index in [4.69, 9.17) is 4.74 Å². The summed E-state index contributed by atoms with van der Waals surface area (Å²) in [6, 6.07) is 13.6. The monoisotopic (exact) mass is 446 g/mol. The third-order valence-corrected chi connectivity index (χ3v) is 6.16. The summed E-state index contributed by atoms with van der Waals surface area (Å²) in [6.07, 6.45) is -0.325. The van der Waals surface area contributed by atoms with E-state index in [1.165, 1.54) is 0 Å². The van der Waals surface area contributed by atoms with Gasteiger partial charge in [0.1, 0.15) is 0 Å². The number of ether oxygens (including phenoxy) is 1. The third kappa shape index (κ3) is 7.80. The van der Waals surface area contributed by atoms with Crippen molar-refractivity contribution in [2.45, 2.75) is 57.6 Å². The molecular formula is C23H30N2O5S. The highest BCUT2D eigenvalue weighted by Gasteiger charge is 2.21. The van der Waals surface area contributed by atoms with Crippen molar-refractivity contribution in [3.05, 3.63) is 65.2 Å². The van der Waals surface area contributed by atoms with Gasteiger partial charge in [-0.3, -0.25) is 9.59 Å². The molecule has 1 atom stereocenters. The Labute approximate surface area is 184 Å². The fraction of sp³-hybridized carbons (Fsp3) is 0.391. The van der Waals surface area contributed by atoms with Gasteiger partial charge >= 0.3 is 5.97 Å². The van der Waals surface area contributed by atoms with Crippen molar-refractivity contribution in [2.24, 2.45) is 0 Å². The summed E-state index contributed by atoms with van der Waals surface area (Å²) >= 11 is 0. The maximum absolute atomic E-state index is 12.5. The highest BCUT2D eigenvalue weighted by Crippen LogP contribution is 2.18. The van der Waals surface area contributed by atoms with Crippen LogP contribution >= 0.6 is 0 Å². The molecule has 31 heavy (non-hydrogen) atoms. The standard InChI is InChI=1S/C23H30N2O5S/c1-16(2)30-23(27)15-20(19-8-6-5-7-9-19)25-22(26)12-13-24-31(28,29)21-11-10-17(3)14-18(21)4/h5-11,14,16,20,24H,12-13,15H2,1-4H3,(H,25,26). The van der Waals surface area contributed by atoms with Crippen LogP contribution in [-0.4, -0.2) is 32.9 Å². The minimum atomic E-state index is -3.72. The van der Waals surface area contributed by atoms with Gasteiger partial charge in [0.15, 0.2) is 0 Å². The summed E-state index contributed by atoms with van der Waals surface area (Å²) in [5.74, 6) is -0.783. The fourth-order valence-corrected chi connectivity index (χ4v) is 4.42. The summed E-state index contributed by atoms with van der Waals surface area (Å²) in [5, 5.41) is 2.81. The van der Waals surface area contributed by atoms with Gasteiger partial charge in [0.05, 0.1) is 23.5 Å². The Hall–Kier alpha value is -2.71. The summed E-state index contributed by atoms with van der Waals surface area (Å²) in [7, 11) is -3.72. The van der Waals surface area contributed by atoms with Crippen molar-refractivity contribution in [2.75, 3.05) is 6.54 Å². The molecule has 168 valence electrons. The number of carbonyl (C=O) groups is 2. The first-order valence-corrected chi connectivity index (χ1v) is 11.7. The molecule has 0 aliphatic heterocycles. The molecule has 0 aliphatic rings. The smallest absolute Gasteiger partial charge is 0.308 e. The molecule has 8 heteroatoms. The lowest BCUT2D eigenvalue weighted by atomic mass is 10.0. The molecule has 2 aromatic carbocycles. The Morgan fingerprint density at radius 2 is 1.71 bits per heavy atom. The van der Waals surface area contributed by atoms with Crippen LogP contribution in [0, 0.1) is 13.8 Å². The summed E-state index contributed by atoms with van der Waals surface area (Å²) in [6.45, 7) is 7.08. The van der Waals surface area contributed by atoms with E-state index in [9.17, 15) is 18.0 Å². The van der Waals surface area contributed by atoms with Crippen LogP contribution in [0.3, 0.4) is 0 Å². The lowest BCUT2D eigenvalue weighted by Crippen LogP contribution is -2.34. The second kappa shape index (κ2) is 11.1. The highest BCUT2D eigenvalue weighted by molar-refractivity contribution is 7.89. The molecule has 1 amide bonds. The van der Waals surface area contributed by atoms with Crippen LogP contribution in [0.5, 0.6) is 0 Å². The number of carbonyl (C=O) groups excluding carboxylic acids is 2. The minimum absolute atomic E-state index is 0.0117. The summed E-state index contributed by atoms with van der Waals surface area (Å²) in [4.78, 5) is 24.8. The van der Waals surface area contributed by atoms with Crippen LogP contribution in [0.1, 0.15) is 49.4 Å². The van der Waals surface area contributed by atoms with Crippen molar-refractivity contribution < 1.29 is 22.7 Å². The number of aryl methyl sites for hydroxylation is 2. The molecule has 2 N–H and O–H groups in total. The van der Waals surface area contributed by atoms with Crippen molar-refractivity contribution in [1.29, 1.82) is 0 Å². The zero-order chi connectivity index (χ0) is 23.0. The van der Waals surface area contributed by atoms with Gasteiger partial charge in [-0.25, -0.2) is 13.1 Å². The maximum Gasteiger partial charge on any atom is 0.308 e. The largest absolute Gasteiger partial charge is 0.463 e. The van der Waals surface area contributed by atoms with E-state index in [2.05, 4.69) is 10.0 Å². The Balaban J connectivity index is 1.98. The van der Waals surface area contributed by atoms with Crippen LogP contribution in [0.25, 0.3) is 0 Å². The first-order chi connectivity index (χ1) is 14.6. The zero-order valence-corrected chi connectivity index (χ0v) is 19.2. The van der Waals surface area contributed by atoms with Crippen LogP contribution in [0.15, 0.2) is 53.4 Å². The molecule has 0 aliphatic carbocycles. The first-order valence-electron chi connectivity index (χ1n) is 10.2. The Kier molecular flexibility index (Phi) is 8.76. The SMILES string of the molecule is Cc1ccc(S(=O)(=O)NCCC(=O)NC(CC(=O)OC(C)C)c2ccccc2)c(C)c1. The summed E-state index contributed by atoms with van der Waals surface area (Å²) in [5.41, 5.74) is 2.39. The molecule has 2 rings (SSSR count). The molecule has 7 nitrogen and oxygen atoms in total. The Morgan fingerprint density at radius 3 is 2.32 bits per heavy atom. The molecule has 0 spiro atoms. The Morgan fingerprint density at radius 1 is 1.03 bits per heavy atom. The number of rotatable bonds is 10. The van der Waals surface area contributed by atoms with Crippen molar-refractivity contribution in [3.8, 4) is 0 Å². The molecule has 0 bridgehead atoms. The van der Waals surface area contributed by atoms with Gasteiger partial charge < -0.3 is 10.1 Å². The van der Waals surface area contributed by atoms with Crippen molar-refractivity contribution >= 4 is 21.9 Å². The molecule has 0 heterocycles. The fourth-order valence-electron chi connectivity index (χ4n) is 3.16. The molecule has 0 saturated heterocycles. The predicted molar refractivity (Wildman–Crippen MR) is 119 cm³/mol. The highest BCUT2D eigenvalue weighted by atomic mass is 32.2. The van der Waals surface area contributed by atoms with Gasteiger partial charge in [0.25, 0.3) is 0 Å². The van der Waals surface area contributed by atoms with Gasteiger partial charge in [-0.1, -0.05) is 48.0 Å². The second-order valence-electron chi connectivity index (χ2n) is 7.69. The van der Waals surface area contributed by atoms with Crippen LogP contribution in [0.2, 0.25) is 0 Å². The van der Waals surface area contributed by atoms with Gasteiger partial charge in [0.2, 0.25) is 15.9 Å². The number of hydrogen-bond acceptors (Lipinski definition) is 5. The Bertz CT molecular complexity index is 1000. The van der Waals surface area contributed by atoms with E-state index in [0.717, 1.165) is 11.1 Å². The zero-order valence-electron chi connectivity index (χ0n) is 18.3. The van der Waals surface area contributed by atoms with E-state index in [0.29, 0.717) is 5.56 Å². The van der Waals surface area contributed by atoms with Gasteiger partial charge in [-0.15, -0.1) is 0 Å². The number of esters is 1. The number of benzene rings is 2. The van der Waals surface area contributed by atoms with Crippen LogP contribution < -0.4 is 10.0 Å². The lowest BCUT2D eigenvalue weighted by Gasteiger charge is -2.19. The molecule has 0 aromatic heterocycles. The van der Waals surface area contributed by atoms with Crippen molar-refractivity contribution in [1.82, 2.24) is 10.0 Å². The molecule has 0 radical (unpaired) electrons. The quantitative estimate of drug-likeness (QED) is 0.546. The average Bonchev–Trinajstić information content (AvgIpc) is 2.67. The maximum atomic E-state index is 12.5. The second-order valence-corrected chi connectivity index (χ2v) is 9.43. The van der Waals surface area contributed by atoms with E-state index in [1.807, 2.05) is 37.3 Å². The number of sulfonamides is 1. The van der Waals surface area contributed by atoms with Gasteiger partial charge in [-0.05, 0) is 44.9 Å². The number of hydrogen-bond donors (Lipinski definition) is 2. The lowest BCUT2D eigenvalue weighted by molar-refractivity contribution is -0.148. The number of nitrogens with one attached hydrogen (secondary N) is 2. The first kappa shape index (κ1) is 24.6. The third-order valence-electron chi connectivity index (χ3n) is 4.54. The predicted octanol–water partition coefficient (Wildman–Crippen LogP) is 3.17. The van der Waals surface area contributed by atoms with E-state index < -0.39 is 22.0 Å². The van der Waals surface area contributed by atoms with E-state index >= 15 is 0 Å². The molecule has 1 unspecified atom stereocenters.